The minimum absolute atomic E-state index is 0.0250. The number of likely N-dealkylation sites (N-methyl/N-ethyl adjacent to an activating group) is 1. The van der Waals surface area contributed by atoms with Crippen LogP contribution in [0.25, 0.3) is 10.9 Å². The number of benzene rings is 1. The van der Waals surface area contributed by atoms with Crippen molar-refractivity contribution in [3.8, 4) is 11.5 Å². The van der Waals surface area contributed by atoms with Crippen LogP contribution >= 0.6 is 0 Å². The Hall–Kier alpha value is -2.16. The van der Waals surface area contributed by atoms with E-state index in [9.17, 15) is 4.79 Å². The maximum absolute atomic E-state index is 12.3. The van der Waals surface area contributed by atoms with Crippen LogP contribution in [0.4, 0.5) is 0 Å². The molecule has 1 aromatic carbocycles. The quantitative estimate of drug-likeness (QED) is 0.708. The van der Waals surface area contributed by atoms with Gasteiger partial charge in [-0.05, 0) is 7.05 Å². The number of methoxy groups -OCH3 is 1. The second kappa shape index (κ2) is 9.68. The SMILES string of the molecule is COCCN(C)CCOc1cc(OC2CCOCC2)c2c(=O)[nH]cnc2c1. The summed E-state index contributed by atoms with van der Waals surface area (Å²) in [5, 5.41) is 0.452. The summed E-state index contributed by atoms with van der Waals surface area (Å²) < 4.78 is 22.5. The Kier molecular flexibility index (Phi) is 7.03. The summed E-state index contributed by atoms with van der Waals surface area (Å²) in [7, 11) is 3.71. The molecule has 1 saturated heterocycles. The number of hydrogen-bond acceptors (Lipinski definition) is 7. The zero-order chi connectivity index (χ0) is 19.1. The molecule has 0 spiro atoms. The second-order valence-electron chi connectivity index (χ2n) is 6.62. The van der Waals surface area contributed by atoms with Crippen LogP contribution in [0.1, 0.15) is 12.8 Å². The summed E-state index contributed by atoms with van der Waals surface area (Å²) in [5.74, 6) is 1.15. The first kappa shape index (κ1) is 19.6. The molecule has 1 aliphatic rings. The van der Waals surface area contributed by atoms with E-state index in [2.05, 4.69) is 14.9 Å². The van der Waals surface area contributed by atoms with Crippen molar-refractivity contribution < 1.29 is 18.9 Å². The van der Waals surface area contributed by atoms with Crippen LogP contribution in [0.15, 0.2) is 23.3 Å². The van der Waals surface area contributed by atoms with Crippen molar-refractivity contribution in [1.82, 2.24) is 14.9 Å². The Labute approximate surface area is 158 Å². The van der Waals surface area contributed by atoms with Crippen LogP contribution in [0.3, 0.4) is 0 Å². The van der Waals surface area contributed by atoms with E-state index >= 15 is 0 Å². The lowest BCUT2D eigenvalue weighted by Crippen LogP contribution is -2.27. The van der Waals surface area contributed by atoms with Gasteiger partial charge >= 0.3 is 0 Å². The number of H-pyrrole nitrogens is 1. The van der Waals surface area contributed by atoms with Gasteiger partial charge in [-0.1, -0.05) is 0 Å². The third-order valence-electron chi connectivity index (χ3n) is 4.56. The number of nitrogens with zero attached hydrogens (tertiary/aromatic N) is 2. The molecule has 3 rings (SSSR count). The first-order chi connectivity index (χ1) is 13.2. The number of ether oxygens (including phenoxy) is 4. The van der Waals surface area contributed by atoms with Crippen LogP contribution in [0, 0.1) is 0 Å². The summed E-state index contributed by atoms with van der Waals surface area (Å²) in [6.07, 6.45) is 3.02. The summed E-state index contributed by atoms with van der Waals surface area (Å²) in [5.41, 5.74) is 0.346. The van der Waals surface area contributed by atoms with E-state index in [1.807, 2.05) is 7.05 Å². The monoisotopic (exact) mass is 377 g/mol. The molecule has 0 aliphatic carbocycles. The molecule has 2 heterocycles. The van der Waals surface area contributed by atoms with Crippen molar-refractivity contribution in [2.45, 2.75) is 18.9 Å². The molecular weight excluding hydrogens is 350 g/mol. The molecule has 2 aromatic rings. The van der Waals surface area contributed by atoms with Gasteiger partial charge in [0, 0.05) is 45.2 Å². The van der Waals surface area contributed by atoms with Gasteiger partial charge in [0.05, 0.1) is 31.7 Å². The molecule has 0 radical (unpaired) electrons. The third kappa shape index (κ3) is 5.41. The summed E-state index contributed by atoms with van der Waals surface area (Å²) in [6, 6.07) is 3.56. The highest BCUT2D eigenvalue weighted by Gasteiger charge is 2.19. The van der Waals surface area contributed by atoms with Gasteiger partial charge in [0.25, 0.3) is 5.56 Å². The summed E-state index contributed by atoms with van der Waals surface area (Å²) in [4.78, 5) is 21.3. The molecule has 1 aliphatic heterocycles. The van der Waals surface area contributed by atoms with Crippen LogP contribution in [-0.4, -0.2) is 74.6 Å². The summed E-state index contributed by atoms with van der Waals surface area (Å²) >= 11 is 0. The number of nitrogens with one attached hydrogen (secondary N) is 1. The van der Waals surface area contributed by atoms with E-state index in [0.717, 1.165) is 25.9 Å². The maximum atomic E-state index is 12.3. The fourth-order valence-electron chi connectivity index (χ4n) is 2.97. The van der Waals surface area contributed by atoms with Crippen LogP contribution in [-0.2, 0) is 9.47 Å². The van der Waals surface area contributed by atoms with E-state index in [1.165, 1.54) is 6.33 Å². The molecule has 1 fully saturated rings. The smallest absolute Gasteiger partial charge is 0.262 e. The molecule has 0 atom stereocenters. The highest BCUT2D eigenvalue weighted by atomic mass is 16.5. The molecule has 0 unspecified atom stereocenters. The normalized spacial score (nSPS) is 15.4. The Morgan fingerprint density at radius 2 is 2.04 bits per heavy atom. The van der Waals surface area contributed by atoms with Crippen molar-refractivity contribution in [3.05, 3.63) is 28.8 Å². The van der Waals surface area contributed by atoms with E-state index in [-0.39, 0.29) is 11.7 Å². The predicted molar refractivity (Wildman–Crippen MR) is 102 cm³/mol. The molecule has 1 aromatic heterocycles. The Bertz CT molecular complexity index is 788. The molecule has 8 nitrogen and oxygen atoms in total. The first-order valence-corrected chi connectivity index (χ1v) is 9.23. The first-order valence-electron chi connectivity index (χ1n) is 9.23. The third-order valence-corrected chi connectivity index (χ3v) is 4.56. The van der Waals surface area contributed by atoms with Crippen molar-refractivity contribution in [3.63, 3.8) is 0 Å². The van der Waals surface area contributed by atoms with Crippen LogP contribution in [0.5, 0.6) is 11.5 Å². The molecular formula is C19H27N3O5. The number of aromatic amines is 1. The van der Waals surface area contributed by atoms with Crippen molar-refractivity contribution in [1.29, 1.82) is 0 Å². The lowest BCUT2D eigenvalue weighted by atomic mass is 10.1. The molecule has 0 amide bonds. The van der Waals surface area contributed by atoms with E-state index in [0.29, 0.717) is 48.8 Å². The van der Waals surface area contributed by atoms with Gasteiger partial charge in [0.15, 0.2) is 0 Å². The average Bonchev–Trinajstić information content (AvgIpc) is 2.67. The van der Waals surface area contributed by atoms with Gasteiger partial charge in [-0.3, -0.25) is 4.79 Å². The van der Waals surface area contributed by atoms with Crippen molar-refractivity contribution in [2.24, 2.45) is 0 Å². The Balaban J connectivity index is 1.74. The van der Waals surface area contributed by atoms with Gasteiger partial charge in [-0.15, -0.1) is 0 Å². The largest absolute Gasteiger partial charge is 0.492 e. The van der Waals surface area contributed by atoms with Gasteiger partial charge < -0.3 is 28.8 Å². The number of fused-ring (bicyclic) bond motifs is 1. The highest BCUT2D eigenvalue weighted by molar-refractivity contribution is 5.85. The average molecular weight is 377 g/mol. The van der Waals surface area contributed by atoms with Gasteiger partial charge in [-0.25, -0.2) is 4.98 Å². The Morgan fingerprint density at radius 1 is 1.26 bits per heavy atom. The van der Waals surface area contributed by atoms with E-state index < -0.39 is 0 Å². The number of rotatable bonds is 9. The van der Waals surface area contributed by atoms with Gasteiger partial charge in [0.2, 0.25) is 0 Å². The molecule has 1 N–H and O–H groups in total. The second-order valence-corrected chi connectivity index (χ2v) is 6.62. The molecule has 8 heteroatoms. The van der Waals surface area contributed by atoms with Crippen LogP contribution in [0.2, 0.25) is 0 Å². The molecule has 27 heavy (non-hydrogen) atoms. The van der Waals surface area contributed by atoms with E-state index in [1.54, 1.807) is 19.2 Å². The van der Waals surface area contributed by atoms with Gasteiger partial charge in [-0.2, -0.15) is 0 Å². The number of hydrogen-bond donors (Lipinski definition) is 1. The fraction of sp³-hybridized carbons (Fsp3) is 0.579. The minimum Gasteiger partial charge on any atom is -0.492 e. The molecule has 148 valence electrons. The van der Waals surface area contributed by atoms with E-state index in [4.69, 9.17) is 18.9 Å². The van der Waals surface area contributed by atoms with Crippen LogP contribution < -0.4 is 15.0 Å². The summed E-state index contributed by atoms with van der Waals surface area (Å²) in [6.45, 7) is 4.14. The highest BCUT2D eigenvalue weighted by Crippen LogP contribution is 2.30. The molecule has 0 saturated carbocycles. The van der Waals surface area contributed by atoms with Crippen molar-refractivity contribution >= 4 is 10.9 Å². The zero-order valence-electron chi connectivity index (χ0n) is 15.9. The maximum Gasteiger partial charge on any atom is 0.262 e. The lowest BCUT2D eigenvalue weighted by molar-refractivity contribution is 0.0261. The lowest BCUT2D eigenvalue weighted by Gasteiger charge is -2.24. The van der Waals surface area contributed by atoms with Crippen molar-refractivity contribution in [2.75, 3.05) is 53.7 Å². The zero-order valence-corrected chi connectivity index (χ0v) is 15.9. The fourth-order valence-corrected chi connectivity index (χ4v) is 2.97. The number of aromatic nitrogens is 2. The Morgan fingerprint density at radius 3 is 2.81 bits per heavy atom. The topological polar surface area (TPSA) is 85.9 Å². The minimum atomic E-state index is -0.215. The molecule has 0 bridgehead atoms. The predicted octanol–water partition coefficient (Wildman–Crippen LogP) is 1.44. The van der Waals surface area contributed by atoms with Gasteiger partial charge in [0.1, 0.15) is 29.6 Å². The standard InChI is InChI=1S/C19H27N3O5/c1-22(5-9-24-2)6-10-26-15-11-16-18(19(23)21-13-20-16)17(12-15)27-14-3-7-25-8-4-14/h11-14H,3-10H2,1-2H3,(H,20,21,23).